The lowest BCUT2D eigenvalue weighted by atomic mass is 10.2. The SMILES string of the molecule is CC(C)(C)OCC(O)CN1CCNCC1. The van der Waals surface area contributed by atoms with Crippen molar-refractivity contribution < 1.29 is 9.84 Å². The highest BCUT2D eigenvalue weighted by molar-refractivity contribution is 4.71. The Labute approximate surface area is 92.6 Å². The summed E-state index contributed by atoms with van der Waals surface area (Å²) in [5.41, 5.74) is -0.162. The predicted octanol–water partition coefficient (Wildman–Crippen LogP) is 0.0676. The van der Waals surface area contributed by atoms with Crippen molar-refractivity contribution in [3.8, 4) is 0 Å². The van der Waals surface area contributed by atoms with Crippen molar-refractivity contribution in [1.82, 2.24) is 10.2 Å². The van der Waals surface area contributed by atoms with Crippen molar-refractivity contribution in [2.45, 2.75) is 32.5 Å². The molecule has 1 aliphatic rings. The molecule has 1 unspecified atom stereocenters. The molecule has 1 heterocycles. The van der Waals surface area contributed by atoms with Crippen LogP contribution in [-0.2, 0) is 4.74 Å². The van der Waals surface area contributed by atoms with E-state index in [1.165, 1.54) is 0 Å². The highest BCUT2D eigenvalue weighted by Crippen LogP contribution is 2.07. The van der Waals surface area contributed by atoms with Gasteiger partial charge in [-0.1, -0.05) is 0 Å². The van der Waals surface area contributed by atoms with E-state index in [9.17, 15) is 5.11 Å². The van der Waals surface area contributed by atoms with Crippen LogP contribution in [0.1, 0.15) is 20.8 Å². The average molecular weight is 216 g/mol. The Balaban J connectivity index is 2.14. The maximum absolute atomic E-state index is 9.78. The number of aliphatic hydroxyl groups excluding tert-OH is 1. The van der Waals surface area contributed by atoms with Gasteiger partial charge >= 0.3 is 0 Å². The average Bonchev–Trinajstić information content (AvgIpc) is 2.15. The first-order valence-electron chi connectivity index (χ1n) is 5.72. The highest BCUT2D eigenvalue weighted by atomic mass is 16.5. The van der Waals surface area contributed by atoms with Gasteiger partial charge in [-0.2, -0.15) is 0 Å². The number of ether oxygens (including phenoxy) is 1. The van der Waals surface area contributed by atoms with Crippen LogP contribution in [0.5, 0.6) is 0 Å². The van der Waals surface area contributed by atoms with Crippen molar-refractivity contribution in [2.24, 2.45) is 0 Å². The Kier molecular flexibility index (Phi) is 4.99. The molecule has 0 aromatic heterocycles. The maximum Gasteiger partial charge on any atom is 0.0900 e. The molecule has 0 spiro atoms. The number of nitrogens with zero attached hydrogens (tertiary/aromatic N) is 1. The number of hydrogen-bond acceptors (Lipinski definition) is 4. The second-order valence-corrected chi connectivity index (χ2v) is 5.13. The first kappa shape index (κ1) is 12.9. The van der Waals surface area contributed by atoms with Crippen LogP contribution < -0.4 is 5.32 Å². The van der Waals surface area contributed by atoms with Gasteiger partial charge in [0.25, 0.3) is 0 Å². The molecule has 1 fully saturated rings. The van der Waals surface area contributed by atoms with Crippen molar-refractivity contribution in [3.63, 3.8) is 0 Å². The molecular weight excluding hydrogens is 192 g/mol. The summed E-state index contributed by atoms with van der Waals surface area (Å²) < 4.78 is 5.54. The molecule has 15 heavy (non-hydrogen) atoms. The van der Waals surface area contributed by atoms with Crippen LogP contribution in [0.4, 0.5) is 0 Å². The Hall–Kier alpha value is -0.160. The van der Waals surface area contributed by atoms with E-state index in [1.54, 1.807) is 0 Å². The lowest BCUT2D eigenvalue weighted by Gasteiger charge is -2.30. The van der Waals surface area contributed by atoms with E-state index in [2.05, 4.69) is 10.2 Å². The molecule has 1 saturated heterocycles. The zero-order chi connectivity index (χ0) is 11.3. The fourth-order valence-corrected chi connectivity index (χ4v) is 1.59. The molecule has 0 radical (unpaired) electrons. The van der Waals surface area contributed by atoms with Gasteiger partial charge in [0.2, 0.25) is 0 Å². The van der Waals surface area contributed by atoms with Crippen molar-refractivity contribution >= 4 is 0 Å². The molecule has 0 amide bonds. The van der Waals surface area contributed by atoms with Gasteiger partial charge in [0.05, 0.1) is 18.3 Å². The Morgan fingerprint density at radius 1 is 1.33 bits per heavy atom. The molecule has 0 aromatic carbocycles. The van der Waals surface area contributed by atoms with E-state index < -0.39 is 0 Å². The van der Waals surface area contributed by atoms with Crippen LogP contribution in [0.3, 0.4) is 0 Å². The number of aliphatic hydroxyl groups is 1. The first-order chi connectivity index (χ1) is 6.97. The van der Waals surface area contributed by atoms with E-state index in [-0.39, 0.29) is 11.7 Å². The minimum absolute atomic E-state index is 0.162. The first-order valence-corrected chi connectivity index (χ1v) is 5.72. The third-order valence-corrected chi connectivity index (χ3v) is 2.39. The van der Waals surface area contributed by atoms with Crippen LogP contribution >= 0.6 is 0 Å². The van der Waals surface area contributed by atoms with Crippen LogP contribution in [0.15, 0.2) is 0 Å². The molecule has 1 rings (SSSR count). The molecule has 0 aromatic rings. The topological polar surface area (TPSA) is 44.7 Å². The molecule has 0 saturated carbocycles. The summed E-state index contributed by atoms with van der Waals surface area (Å²) in [6.45, 7) is 11.2. The monoisotopic (exact) mass is 216 g/mol. The fourth-order valence-electron chi connectivity index (χ4n) is 1.59. The van der Waals surface area contributed by atoms with Gasteiger partial charge in [0, 0.05) is 32.7 Å². The minimum atomic E-state index is -0.373. The van der Waals surface area contributed by atoms with Gasteiger partial charge in [-0.3, -0.25) is 4.90 Å². The van der Waals surface area contributed by atoms with E-state index in [4.69, 9.17) is 4.74 Å². The van der Waals surface area contributed by atoms with Gasteiger partial charge in [-0.25, -0.2) is 0 Å². The smallest absolute Gasteiger partial charge is 0.0900 e. The van der Waals surface area contributed by atoms with E-state index >= 15 is 0 Å². The van der Waals surface area contributed by atoms with Gasteiger partial charge in [-0.05, 0) is 20.8 Å². The number of β-amino-alcohol motifs (C(OH)–C–C–N with tert-alkyl or cyclic N) is 1. The van der Waals surface area contributed by atoms with Crippen LogP contribution in [-0.4, -0.2) is 61.0 Å². The molecule has 1 aliphatic heterocycles. The van der Waals surface area contributed by atoms with Crippen molar-refractivity contribution in [2.75, 3.05) is 39.3 Å². The van der Waals surface area contributed by atoms with Gasteiger partial charge in [-0.15, -0.1) is 0 Å². The van der Waals surface area contributed by atoms with Crippen molar-refractivity contribution in [3.05, 3.63) is 0 Å². The van der Waals surface area contributed by atoms with Crippen molar-refractivity contribution in [1.29, 1.82) is 0 Å². The Morgan fingerprint density at radius 2 is 1.93 bits per heavy atom. The summed E-state index contributed by atoms with van der Waals surface area (Å²) in [6, 6.07) is 0. The van der Waals surface area contributed by atoms with Crippen LogP contribution in [0, 0.1) is 0 Å². The predicted molar refractivity (Wildman–Crippen MR) is 61.0 cm³/mol. The lowest BCUT2D eigenvalue weighted by molar-refractivity contribution is -0.0566. The molecule has 4 heteroatoms. The molecule has 1 atom stereocenters. The minimum Gasteiger partial charge on any atom is -0.389 e. The summed E-state index contributed by atoms with van der Waals surface area (Å²) >= 11 is 0. The summed E-state index contributed by atoms with van der Waals surface area (Å²) in [5.74, 6) is 0. The maximum atomic E-state index is 9.78. The summed E-state index contributed by atoms with van der Waals surface area (Å²) in [6.07, 6.45) is -0.373. The fraction of sp³-hybridized carbons (Fsp3) is 1.00. The van der Waals surface area contributed by atoms with Crippen LogP contribution in [0.2, 0.25) is 0 Å². The summed E-state index contributed by atoms with van der Waals surface area (Å²) in [7, 11) is 0. The molecular formula is C11H24N2O2. The molecule has 4 nitrogen and oxygen atoms in total. The lowest BCUT2D eigenvalue weighted by Crippen LogP contribution is -2.47. The Morgan fingerprint density at radius 3 is 2.47 bits per heavy atom. The zero-order valence-electron chi connectivity index (χ0n) is 10.1. The largest absolute Gasteiger partial charge is 0.389 e. The third kappa shape index (κ3) is 6.10. The van der Waals surface area contributed by atoms with Gasteiger partial charge in [0.15, 0.2) is 0 Å². The van der Waals surface area contributed by atoms with Gasteiger partial charge < -0.3 is 15.2 Å². The van der Waals surface area contributed by atoms with E-state index in [0.29, 0.717) is 6.61 Å². The second-order valence-electron chi connectivity index (χ2n) is 5.13. The second kappa shape index (κ2) is 5.80. The normalized spacial score (nSPS) is 21.6. The number of hydrogen-bond donors (Lipinski definition) is 2. The standard InChI is InChI=1S/C11H24N2O2/c1-11(2,3)15-9-10(14)8-13-6-4-12-5-7-13/h10,12,14H,4-9H2,1-3H3. The molecule has 0 aliphatic carbocycles. The molecule has 2 N–H and O–H groups in total. The summed E-state index contributed by atoms with van der Waals surface area (Å²) in [4.78, 5) is 2.27. The van der Waals surface area contributed by atoms with Gasteiger partial charge in [0.1, 0.15) is 0 Å². The number of piperazine rings is 1. The number of rotatable bonds is 4. The van der Waals surface area contributed by atoms with E-state index in [0.717, 1.165) is 32.7 Å². The third-order valence-electron chi connectivity index (χ3n) is 2.39. The van der Waals surface area contributed by atoms with Crippen LogP contribution in [0.25, 0.3) is 0 Å². The Bertz CT molecular complexity index is 174. The van der Waals surface area contributed by atoms with E-state index in [1.807, 2.05) is 20.8 Å². The molecule has 0 bridgehead atoms. The zero-order valence-corrected chi connectivity index (χ0v) is 10.1. The highest BCUT2D eigenvalue weighted by Gasteiger charge is 2.17. The number of nitrogens with one attached hydrogen (secondary N) is 1. The summed E-state index contributed by atoms with van der Waals surface area (Å²) in [5, 5.41) is 13.1. The molecule has 90 valence electrons. The quantitative estimate of drug-likeness (QED) is 0.698.